The topological polar surface area (TPSA) is 101 Å². The molecule has 3 heterocycles. The summed E-state index contributed by atoms with van der Waals surface area (Å²) in [7, 11) is 2.02. The third-order valence-electron chi connectivity index (χ3n) is 5.48. The predicted octanol–water partition coefficient (Wildman–Crippen LogP) is 2.47. The SMILES string of the molecule is CN(Cc1ccccc1)c1ccc(-c2noc(CN3CCC(C(N)=O)CC3)n2)cn1. The molecule has 8 heteroatoms. The standard InChI is InChI=1S/C22H26N6O2/c1-27(14-16-5-3-2-4-6-16)19-8-7-18(13-24-19)22-25-20(30-26-22)15-28-11-9-17(10-12-28)21(23)29/h2-8,13,17H,9-12,14-15H2,1H3,(H2,23,29). The number of piperidine rings is 1. The van der Waals surface area contributed by atoms with Crippen LogP contribution in [0.3, 0.4) is 0 Å². The predicted molar refractivity (Wildman–Crippen MR) is 113 cm³/mol. The maximum atomic E-state index is 11.3. The Labute approximate surface area is 175 Å². The smallest absolute Gasteiger partial charge is 0.241 e. The minimum Gasteiger partial charge on any atom is -0.369 e. The molecule has 30 heavy (non-hydrogen) atoms. The van der Waals surface area contributed by atoms with E-state index in [0.29, 0.717) is 18.3 Å². The Morgan fingerprint density at radius 3 is 2.63 bits per heavy atom. The summed E-state index contributed by atoms with van der Waals surface area (Å²) in [5.74, 6) is 1.74. The van der Waals surface area contributed by atoms with Crippen molar-refractivity contribution in [3.8, 4) is 11.4 Å². The third kappa shape index (κ3) is 4.83. The molecule has 1 aliphatic heterocycles. The molecule has 0 bridgehead atoms. The average Bonchev–Trinajstić information content (AvgIpc) is 3.23. The minimum atomic E-state index is -0.208. The Morgan fingerprint density at radius 1 is 1.20 bits per heavy atom. The molecule has 156 valence electrons. The number of carbonyl (C=O) groups excluding carboxylic acids is 1. The summed E-state index contributed by atoms with van der Waals surface area (Å²) < 4.78 is 5.42. The second kappa shape index (κ2) is 9.04. The Hall–Kier alpha value is -3.26. The Morgan fingerprint density at radius 2 is 1.97 bits per heavy atom. The van der Waals surface area contributed by atoms with Crippen molar-refractivity contribution in [1.29, 1.82) is 0 Å². The average molecular weight is 406 g/mol. The van der Waals surface area contributed by atoms with Crippen LogP contribution in [0.1, 0.15) is 24.3 Å². The van der Waals surface area contributed by atoms with E-state index in [1.807, 2.05) is 37.4 Å². The lowest BCUT2D eigenvalue weighted by atomic mass is 9.96. The van der Waals surface area contributed by atoms with Crippen molar-refractivity contribution in [2.75, 3.05) is 25.0 Å². The zero-order valence-corrected chi connectivity index (χ0v) is 17.1. The highest BCUT2D eigenvalue weighted by Gasteiger charge is 2.24. The zero-order chi connectivity index (χ0) is 20.9. The van der Waals surface area contributed by atoms with E-state index in [0.717, 1.165) is 43.9 Å². The van der Waals surface area contributed by atoms with Crippen LogP contribution in [0.5, 0.6) is 0 Å². The van der Waals surface area contributed by atoms with Crippen LogP contribution in [0, 0.1) is 5.92 Å². The zero-order valence-electron chi connectivity index (χ0n) is 17.1. The minimum absolute atomic E-state index is 0.0240. The molecule has 2 N–H and O–H groups in total. The second-order valence-corrected chi connectivity index (χ2v) is 7.71. The van der Waals surface area contributed by atoms with Crippen molar-refractivity contribution in [2.45, 2.75) is 25.9 Å². The molecule has 0 aliphatic carbocycles. The number of rotatable bonds is 7. The fraction of sp³-hybridized carbons (Fsp3) is 0.364. The van der Waals surface area contributed by atoms with E-state index in [9.17, 15) is 4.79 Å². The molecule has 3 aromatic rings. The molecule has 0 unspecified atom stereocenters. The number of hydrogen-bond donors (Lipinski definition) is 1. The molecular weight excluding hydrogens is 380 g/mol. The lowest BCUT2D eigenvalue weighted by molar-refractivity contribution is -0.123. The van der Waals surface area contributed by atoms with Crippen LogP contribution in [0.2, 0.25) is 0 Å². The molecule has 1 amide bonds. The van der Waals surface area contributed by atoms with Gasteiger partial charge in [0, 0.05) is 31.3 Å². The summed E-state index contributed by atoms with van der Waals surface area (Å²) in [5, 5.41) is 4.10. The van der Waals surface area contributed by atoms with Gasteiger partial charge in [-0.15, -0.1) is 0 Å². The van der Waals surface area contributed by atoms with Crippen molar-refractivity contribution in [2.24, 2.45) is 11.7 Å². The molecule has 0 radical (unpaired) electrons. The summed E-state index contributed by atoms with van der Waals surface area (Å²) in [4.78, 5) is 24.6. The third-order valence-corrected chi connectivity index (χ3v) is 5.48. The first-order valence-electron chi connectivity index (χ1n) is 10.1. The molecule has 1 aromatic carbocycles. The number of anilines is 1. The van der Waals surface area contributed by atoms with Crippen LogP contribution >= 0.6 is 0 Å². The number of primary amides is 1. The van der Waals surface area contributed by atoms with Crippen molar-refractivity contribution >= 4 is 11.7 Å². The number of nitrogens with zero attached hydrogens (tertiary/aromatic N) is 5. The first kappa shape index (κ1) is 20.0. The van der Waals surface area contributed by atoms with Gasteiger partial charge in [0.25, 0.3) is 0 Å². The van der Waals surface area contributed by atoms with Crippen LogP contribution in [-0.2, 0) is 17.9 Å². The Bertz CT molecular complexity index is 965. The van der Waals surface area contributed by atoms with Crippen molar-refractivity contribution < 1.29 is 9.32 Å². The van der Waals surface area contributed by atoms with Crippen LogP contribution in [-0.4, -0.2) is 46.1 Å². The van der Waals surface area contributed by atoms with Gasteiger partial charge in [-0.3, -0.25) is 9.69 Å². The highest BCUT2D eigenvalue weighted by Crippen LogP contribution is 2.21. The molecule has 1 fully saturated rings. The Balaban J connectivity index is 1.35. The first-order valence-corrected chi connectivity index (χ1v) is 10.1. The van der Waals surface area contributed by atoms with Gasteiger partial charge in [0.05, 0.1) is 6.54 Å². The van der Waals surface area contributed by atoms with Gasteiger partial charge in [0.15, 0.2) is 0 Å². The Kier molecular flexibility index (Phi) is 6.04. The maximum Gasteiger partial charge on any atom is 0.241 e. The number of hydrogen-bond acceptors (Lipinski definition) is 7. The van der Waals surface area contributed by atoms with Gasteiger partial charge in [0.1, 0.15) is 5.82 Å². The number of benzene rings is 1. The lowest BCUT2D eigenvalue weighted by Gasteiger charge is -2.29. The van der Waals surface area contributed by atoms with Gasteiger partial charge in [-0.05, 0) is 43.6 Å². The fourth-order valence-electron chi connectivity index (χ4n) is 3.69. The summed E-state index contributed by atoms with van der Waals surface area (Å²) in [6.45, 7) is 2.96. The quantitative estimate of drug-likeness (QED) is 0.643. The summed E-state index contributed by atoms with van der Waals surface area (Å²) >= 11 is 0. The highest BCUT2D eigenvalue weighted by molar-refractivity contribution is 5.76. The molecule has 2 aromatic heterocycles. The summed E-state index contributed by atoms with van der Waals surface area (Å²) in [6, 6.07) is 14.2. The van der Waals surface area contributed by atoms with Gasteiger partial charge in [-0.2, -0.15) is 4.98 Å². The van der Waals surface area contributed by atoms with E-state index >= 15 is 0 Å². The molecule has 8 nitrogen and oxygen atoms in total. The van der Waals surface area contributed by atoms with Crippen LogP contribution in [0.25, 0.3) is 11.4 Å². The lowest BCUT2D eigenvalue weighted by Crippen LogP contribution is -2.38. The number of aromatic nitrogens is 3. The van der Waals surface area contributed by atoms with Gasteiger partial charge in [-0.1, -0.05) is 35.5 Å². The number of pyridine rings is 1. The molecular formula is C22H26N6O2. The number of likely N-dealkylation sites (tertiary alicyclic amines) is 1. The van der Waals surface area contributed by atoms with Crippen molar-refractivity contribution in [3.05, 3.63) is 60.1 Å². The molecule has 1 saturated heterocycles. The monoisotopic (exact) mass is 406 g/mol. The largest absolute Gasteiger partial charge is 0.369 e. The molecule has 0 atom stereocenters. The van der Waals surface area contributed by atoms with E-state index in [2.05, 4.69) is 37.1 Å². The number of carbonyl (C=O) groups is 1. The van der Waals surface area contributed by atoms with Crippen molar-refractivity contribution in [1.82, 2.24) is 20.0 Å². The number of amides is 1. The van der Waals surface area contributed by atoms with E-state index in [1.54, 1.807) is 6.20 Å². The summed E-state index contributed by atoms with van der Waals surface area (Å²) in [5.41, 5.74) is 7.44. The van der Waals surface area contributed by atoms with Crippen LogP contribution in [0.4, 0.5) is 5.82 Å². The fourth-order valence-corrected chi connectivity index (χ4v) is 3.69. The normalized spacial score (nSPS) is 15.2. The molecule has 4 rings (SSSR count). The van der Waals surface area contributed by atoms with Gasteiger partial charge >= 0.3 is 0 Å². The van der Waals surface area contributed by atoms with E-state index < -0.39 is 0 Å². The number of nitrogens with two attached hydrogens (primary N) is 1. The summed E-state index contributed by atoms with van der Waals surface area (Å²) in [6.07, 6.45) is 3.32. The van der Waals surface area contributed by atoms with E-state index in [1.165, 1.54) is 5.56 Å². The highest BCUT2D eigenvalue weighted by atomic mass is 16.5. The van der Waals surface area contributed by atoms with Crippen LogP contribution in [0.15, 0.2) is 53.2 Å². The molecule has 1 aliphatic rings. The maximum absolute atomic E-state index is 11.3. The second-order valence-electron chi connectivity index (χ2n) is 7.71. The molecule has 0 saturated carbocycles. The van der Waals surface area contributed by atoms with Gasteiger partial charge < -0.3 is 15.2 Å². The van der Waals surface area contributed by atoms with Crippen molar-refractivity contribution in [3.63, 3.8) is 0 Å². The first-order chi connectivity index (χ1) is 14.6. The molecule has 0 spiro atoms. The van der Waals surface area contributed by atoms with Gasteiger partial charge in [0.2, 0.25) is 17.6 Å². The van der Waals surface area contributed by atoms with Crippen LogP contribution < -0.4 is 10.6 Å². The van der Waals surface area contributed by atoms with E-state index in [4.69, 9.17) is 10.3 Å². The van der Waals surface area contributed by atoms with Gasteiger partial charge in [-0.25, -0.2) is 4.98 Å². The van der Waals surface area contributed by atoms with E-state index in [-0.39, 0.29) is 11.8 Å².